The molecular weight excluding hydrogens is 526 g/mol. The summed E-state index contributed by atoms with van der Waals surface area (Å²) in [7, 11) is 0. The highest BCUT2D eigenvalue weighted by atomic mass is 35.5. The first-order valence-corrected chi connectivity index (χ1v) is 14.3. The number of hydrogen-bond donors (Lipinski definition) is 2. The molecule has 1 fully saturated rings. The maximum absolute atomic E-state index is 14.4. The molecule has 7 nitrogen and oxygen atoms in total. The quantitative estimate of drug-likeness (QED) is 0.346. The Hall–Kier alpha value is -3.06. The molecule has 0 saturated heterocycles. The molecule has 8 heteroatoms. The summed E-state index contributed by atoms with van der Waals surface area (Å²) in [4.78, 5) is 32.4. The monoisotopic (exact) mass is 567 g/mol. The molecule has 0 amide bonds. The van der Waals surface area contributed by atoms with Crippen molar-refractivity contribution in [2.45, 2.75) is 81.3 Å². The number of ether oxygens (including phenoxy) is 1. The average molecular weight is 568 g/mol. The van der Waals surface area contributed by atoms with Crippen molar-refractivity contribution in [1.82, 2.24) is 9.38 Å². The topological polar surface area (TPSA) is 107 Å². The summed E-state index contributed by atoms with van der Waals surface area (Å²) < 4.78 is 7.90. The number of carbonyl (C=O) groups excluding carboxylic acids is 1. The highest BCUT2D eigenvalue weighted by Gasteiger charge is 2.48. The smallest absolute Gasteiger partial charge is 0.342 e. The molecule has 2 atom stereocenters. The van der Waals surface area contributed by atoms with Crippen LogP contribution in [-0.4, -0.2) is 26.6 Å². The second kappa shape index (κ2) is 10.4. The zero-order valence-corrected chi connectivity index (χ0v) is 25.8. The lowest BCUT2D eigenvalue weighted by Gasteiger charge is -2.50. The fourth-order valence-electron chi connectivity index (χ4n) is 6.48. The molecule has 1 aliphatic rings. The maximum Gasteiger partial charge on any atom is 0.342 e. The number of rotatable bonds is 3. The molecule has 0 spiro atoms. The summed E-state index contributed by atoms with van der Waals surface area (Å²) in [6.45, 7) is 18.6. The molecule has 2 unspecified atom stereocenters. The number of nitrogens with two attached hydrogens (primary N) is 1. The Morgan fingerprint density at radius 1 is 1.07 bits per heavy atom. The van der Waals surface area contributed by atoms with Gasteiger partial charge in [0.05, 0.1) is 0 Å². The van der Waals surface area contributed by atoms with E-state index in [1.54, 1.807) is 31.2 Å². The summed E-state index contributed by atoms with van der Waals surface area (Å²) in [5.41, 5.74) is 7.47. The Labute approximate surface area is 241 Å². The van der Waals surface area contributed by atoms with Crippen LogP contribution in [0.15, 0.2) is 29.1 Å². The van der Waals surface area contributed by atoms with Crippen LogP contribution in [0.25, 0.3) is 22.5 Å². The Morgan fingerprint density at radius 3 is 2.08 bits per heavy atom. The summed E-state index contributed by atoms with van der Waals surface area (Å²) in [6, 6.07) is 7.07. The van der Waals surface area contributed by atoms with E-state index in [1.807, 2.05) is 0 Å². The number of carbonyl (C=O) groups is 1. The van der Waals surface area contributed by atoms with E-state index in [9.17, 15) is 14.7 Å². The molecule has 1 aromatic carbocycles. The van der Waals surface area contributed by atoms with Crippen molar-refractivity contribution in [3.05, 3.63) is 56.1 Å². The Balaban J connectivity index is 1.99. The number of fused-ring (bicyclic) bond motifs is 1. The Kier molecular flexibility index (Phi) is 7.78. The normalized spacial score (nSPS) is 22.9. The van der Waals surface area contributed by atoms with Gasteiger partial charge in [-0.3, -0.25) is 9.20 Å². The van der Waals surface area contributed by atoms with E-state index in [0.717, 1.165) is 12.8 Å². The van der Waals surface area contributed by atoms with Crippen LogP contribution in [-0.2, 0) is 4.74 Å². The first-order chi connectivity index (χ1) is 18.4. The van der Waals surface area contributed by atoms with Crippen LogP contribution in [0.2, 0.25) is 5.02 Å². The van der Waals surface area contributed by atoms with Crippen molar-refractivity contribution in [2.24, 2.45) is 28.6 Å². The minimum atomic E-state index is -0.541. The summed E-state index contributed by atoms with van der Waals surface area (Å²) >= 11 is 6.17. The number of benzene rings is 1. The second-order valence-electron chi connectivity index (χ2n) is 13.7. The molecule has 1 saturated carbocycles. The largest absolute Gasteiger partial charge is 0.512 e. The Bertz CT molecular complexity index is 1530. The van der Waals surface area contributed by atoms with Gasteiger partial charge in [0.25, 0.3) is 5.56 Å². The number of hydrogen-bond acceptors (Lipinski definition) is 6. The summed E-state index contributed by atoms with van der Waals surface area (Å²) in [5.74, 6) is -0.124. The van der Waals surface area contributed by atoms with Crippen LogP contribution in [0.1, 0.15) is 84.3 Å². The fraction of sp³-hybridized carbons (Fsp3) is 0.531. The number of nitrogens with zero attached hydrogens (tertiary/aromatic N) is 2. The van der Waals surface area contributed by atoms with Crippen LogP contribution in [0.4, 0.5) is 5.82 Å². The van der Waals surface area contributed by atoms with Gasteiger partial charge in [0.2, 0.25) is 0 Å². The molecule has 0 aliphatic heterocycles. The number of anilines is 1. The summed E-state index contributed by atoms with van der Waals surface area (Å²) in [5, 5.41) is 10.7. The molecule has 2 aromatic heterocycles. The molecule has 3 aromatic rings. The molecule has 3 N–H and O–H groups in total. The SMILES string of the molecule is CC(O)=c1c(N)nc2c(C(=O)OC3C(C(C)(C)C)CC(C)CC3C(C)(C)C)c(-c3ccc(Cl)cc3)c(C)n2c1=O. The van der Waals surface area contributed by atoms with E-state index in [1.165, 1.54) is 11.3 Å². The van der Waals surface area contributed by atoms with Gasteiger partial charge < -0.3 is 15.6 Å². The standard InChI is InChI=1S/C32H42ClN3O4/c1-16-14-21(31(4,5)6)26(22(15-16)32(7,8)9)40-30(39)25-23(19-10-12-20(33)13-11-19)17(2)36-28(25)35-27(34)24(18(3)37)29(36)38/h10-13,16,21-22,26,37H,14-15H2,1-9H3,(H2,34,35). The maximum atomic E-state index is 14.4. The van der Waals surface area contributed by atoms with Gasteiger partial charge in [0, 0.05) is 28.1 Å². The van der Waals surface area contributed by atoms with Crippen LogP contribution in [0, 0.1) is 35.5 Å². The van der Waals surface area contributed by atoms with Gasteiger partial charge in [0.1, 0.15) is 28.5 Å². The third kappa shape index (κ3) is 5.32. The van der Waals surface area contributed by atoms with E-state index in [-0.39, 0.29) is 56.8 Å². The zero-order valence-electron chi connectivity index (χ0n) is 25.1. The first-order valence-electron chi connectivity index (χ1n) is 13.9. The number of aliphatic hydroxyl groups excluding tert-OH is 1. The van der Waals surface area contributed by atoms with Gasteiger partial charge in [-0.25, -0.2) is 9.78 Å². The van der Waals surface area contributed by atoms with Crippen molar-refractivity contribution in [1.29, 1.82) is 0 Å². The number of aliphatic hydroxyl groups is 1. The first kappa shape index (κ1) is 29.9. The fourth-order valence-corrected chi connectivity index (χ4v) is 6.60. The lowest BCUT2D eigenvalue weighted by Crippen LogP contribution is -2.49. The van der Waals surface area contributed by atoms with E-state index >= 15 is 0 Å². The van der Waals surface area contributed by atoms with Gasteiger partial charge in [-0.1, -0.05) is 72.2 Å². The molecule has 0 bridgehead atoms. The molecule has 1 aliphatic carbocycles. The lowest BCUT2D eigenvalue weighted by atomic mass is 9.59. The van der Waals surface area contributed by atoms with Crippen molar-refractivity contribution in [3.63, 3.8) is 0 Å². The number of esters is 1. The van der Waals surface area contributed by atoms with Crippen LogP contribution in [0.5, 0.6) is 0 Å². The number of aromatic nitrogens is 2. The van der Waals surface area contributed by atoms with Gasteiger partial charge in [-0.2, -0.15) is 0 Å². The van der Waals surface area contributed by atoms with Gasteiger partial charge in [-0.05, 0) is 61.1 Å². The summed E-state index contributed by atoms with van der Waals surface area (Å²) in [6.07, 6.45) is 1.59. The molecule has 2 heterocycles. The number of halogens is 1. The highest BCUT2D eigenvalue weighted by Crippen LogP contribution is 2.50. The third-order valence-corrected chi connectivity index (χ3v) is 8.81. The van der Waals surface area contributed by atoms with Gasteiger partial charge in [0.15, 0.2) is 5.65 Å². The molecule has 0 radical (unpaired) electrons. The molecular formula is C32H42ClN3O4. The van der Waals surface area contributed by atoms with E-state index in [2.05, 4.69) is 53.5 Å². The Morgan fingerprint density at radius 2 is 1.60 bits per heavy atom. The highest BCUT2D eigenvalue weighted by molar-refractivity contribution is 6.30. The number of nitrogen functional groups attached to an aromatic ring is 1. The van der Waals surface area contributed by atoms with E-state index < -0.39 is 11.5 Å². The van der Waals surface area contributed by atoms with Crippen LogP contribution >= 0.6 is 11.6 Å². The van der Waals surface area contributed by atoms with Crippen molar-refractivity contribution in [2.75, 3.05) is 5.73 Å². The average Bonchev–Trinajstić information content (AvgIpc) is 3.10. The molecule has 40 heavy (non-hydrogen) atoms. The lowest BCUT2D eigenvalue weighted by molar-refractivity contribution is -0.0922. The van der Waals surface area contributed by atoms with E-state index in [4.69, 9.17) is 22.1 Å². The van der Waals surface area contributed by atoms with Crippen molar-refractivity contribution >= 4 is 34.8 Å². The molecule has 4 rings (SSSR count). The zero-order chi connectivity index (χ0) is 29.9. The second-order valence-corrected chi connectivity index (χ2v) is 14.1. The predicted molar refractivity (Wildman–Crippen MR) is 161 cm³/mol. The minimum Gasteiger partial charge on any atom is -0.512 e. The van der Waals surface area contributed by atoms with Crippen molar-refractivity contribution in [3.8, 4) is 11.1 Å². The number of aryl methyl sites for hydroxylation is 1. The minimum absolute atomic E-state index is 0.0879. The molecule has 216 valence electrons. The van der Waals surface area contributed by atoms with Crippen LogP contribution in [0.3, 0.4) is 0 Å². The van der Waals surface area contributed by atoms with Crippen molar-refractivity contribution < 1.29 is 14.6 Å². The van der Waals surface area contributed by atoms with E-state index in [0.29, 0.717) is 27.8 Å². The van der Waals surface area contributed by atoms with Gasteiger partial charge >= 0.3 is 5.97 Å². The van der Waals surface area contributed by atoms with Crippen LogP contribution < -0.4 is 16.5 Å². The third-order valence-electron chi connectivity index (χ3n) is 8.55. The van der Waals surface area contributed by atoms with Gasteiger partial charge in [-0.15, -0.1) is 0 Å². The predicted octanol–water partition coefficient (Wildman–Crippen LogP) is 6.59.